The molecule has 0 spiro atoms. The summed E-state index contributed by atoms with van der Waals surface area (Å²) in [5, 5.41) is 0. The lowest BCUT2D eigenvalue weighted by molar-refractivity contribution is -0.117. The number of carbonyl (C=O) groups is 2. The molecule has 3 aliphatic rings. The van der Waals surface area contributed by atoms with Crippen LogP contribution in [-0.2, 0) is 16.2 Å². The third kappa shape index (κ3) is 4.26. The molecule has 1 heterocycles. The van der Waals surface area contributed by atoms with Gasteiger partial charge in [0, 0.05) is 53.9 Å². The molecule has 0 atom stereocenters. The molecule has 0 bridgehead atoms. The maximum atomic E-state index is 14.1. The Bertz CT molecular complexity index is 1200. The van der Waals surface area contributed by atoms with Crippen molar-refractivity contribution in [2.45, 2.75) is 58.0 Å². The van der Waals surface area contributed by atoms with Crippen LogP contribution in [0.3, 0.4) is 0 Å². The van der Waals surface area contributed by atoms with Gasteiger partial charge in [-0.3, -0.25) is 9.59 Å². The second kappa shape index (κ2) is 9.68. The zero-order valence-corrected chi connectivity index (χ0v) is 20.2. The summed E-state index contributed by atoms with van der Waals surface area (Å²) in [6.07, 6.45) is 4.34. The summed E-state index contributed by atoms with van der Waals surface area (Å²) in [7, 11) is 1.99. The molecule has 6 heteroatoms. The highest BCUT2D eigenvalue weighted by Gasteiger charge is 2.42. The number of ether oxygens (including phenoxy) is 2. The molecular weight excluding hydrogens is 445 g/mol. The van der Waals surface area contributed by atoms with E-state index in [-0.39, 0.29) is 24.0 Å². The number of ketones is 2. The van der Waals surface area contributed by atoms with E-state index in [9.17, 15) is 14.0 Å². The van der Waals surface area contributed by atoms with Gasteiger partial charge in [-0.25, -0.2) is 4.39 Å². The van der Waals surface area contributed by atoms with Crippen LogP contribution in [-0.4, -0.2) is 30.1 Å². The van der Waals surface area contributed by atoms with Gasteiger partial charge in [-0.1, -0.05) is 24.3 Å². The maximum absolute atomic E-state index is 14.1. The lowest BCUT2D eigenvalue weighted by Gasteiger charge is -2.42. The molecule has 0 radical (unpaired) electrons. The first kappa shape index (κ1) is 23.3. The average Bonchev–Trinajstić information content (AvgIpc) is 2.86. The number of Topliss-reactive ketones (excluding diaryl/α,β-unsaturated/α-hetero) is 2. The average molecular weight is 476 g/mol. The Labute approximate surface area is 205 Å². The number of allylic oxidation sites excluding steroid dienone is 4. The largest absolute Gasteiger partial charge is 0.490 e. The van der Waals surface area contributed by atoms with Crippen molar-refractivity contribution in [3.8, 4) is 11.5 Å². The molecule has 2 aromatic rings. The van der Waals surface area contributed by atoms with Crippen molar-refractivity contribution in [1.82, 2.24) is 4.90 Å². The molecule has 0 amide bonds. The predicted octanol–water partition coefficient (Wildman–Crippen LogP) is 5.85. The molecule has 0 fully saturated rings. The number of carbonyl (C=O) groups excluding carboxylic acids is 2. The lowest BCUT2D eigenvalue weighted by atomic mass is 9.71. The minimum Gasteiger partial charge on any atom is -0.490 e. The second-order valence-electron chi connectivity index (χ2n) is 9.29. The summed E-state index contributed by atoms with van der Waals surface area (Å²) < 4.78 is 25.9. The number of rotatable bonds is 6. The van der Waals surface area contributed by atoms with Gasteiger partial charge in [0.05, 0.1) is 6.61 Å². The monoisotopic (exact) mass is 475 g/mol. The zero-order valence-electron chi connectivity index (χ0n) is 20.2. The number of halogens is 1. The Kier molecular flexibility index (Phi) is 6.46. The van der Waals surface area contributed by atoms with Gasteiger partial charge in [0.2, 0.25) is 0 Å². The molecule has 2 aliphatic carbocycles. The van der Waals surface area contributed by atoms with E-state index in [1.165, 1.54) is 6.07 Å². The highest BCUT2D eigenvalue weighted by atomic mass is 19.1. The minimum atomic E-state index is -0.392. The summed E-state index contributed by atoms with van der Waals surface area (Å²) in [5.41, 5.74) is 4.88. The quantitative estimate of drug-likeness (QED) is 0.525. The first-order valence-electron chi connectivity index (χ1n) is 12.4. The normalized spacial score (nSPS) is 18.5. The van der Waals surface area contributed by atoms with Gasteiger partial charge < -0.3 is 14.4 Å². The van der Waals surface area contributed by atoms with Gasteiger partial charge >= 0.3 is 0 Å². The Balaban J connectivity index is 1.56. The molecule has 35 heavy (non-hydrogen) atoms. The third-order valence-electron chi connectivity index (χ3n) is 7.19. The van der Waals surface area contributed by atoms with E-state index in [2.05, 4.69) is 4.90 Å². The fraction of sp³-hybridized carbons (Fsp3) is 0.379. The van der Waals surface area contributed by atoms with Gasteiger partial charge in [-0.15, -0.1) is 0 Å². The lowest BCUT2D eigenvalue weighted by Crippen LogP contribution is -2.37. The van der Waals surface area contributed by atoms with Crippen LogP contribution in [0, 0.1) is 5.82 Å². The smallest absolute Gasteiger partial charge is 0.161 e. The molecule has 0 N–H and O–H groups in total. The Morgan fingerprint density at radius 2 is 1.54 bits per heavy atom. The van der Waals surface area contributed by atoms with E-state index in [1.54, 1.807) is 24.3 Å². The van der Waals surface area contributed by atoms with Crippen LogP contribution in [0.15, 0.2) is 65.0 Å². The van der Waals surface area contributed by atoms with Gasteiger partial charge in [-0.2, -0.15) is 0 Å². The van der Waals surface area contributed by atoms with E-state index in [1.807, 2.05) is 26.1 Å². The Morgan fingerprint density at radius 3 is 2.17 bits per heavy atom. The van der Waals surface area contributed by atoms with E-state index >= 15 is 0 Å². The van der Waals surface area contributed by atoms with E-state index in [0.717, 1.165) is 53.8 Å². The molecule has 0 aromatic heterocycles. The van der Waals surface area contributed by atoms with Crippen molar-refractivity contribution >= 4 is 11.6 Å². The Hall–Kier alpha value is -3.41. The highest BCUT2D eigenvalue weighted by Crippen LogP contribution is 2.49. The maximum Gasteiger partial charge on any atom is 0.161 e. The minimum absolute atomic E-state index is 0.0713. The van der Waals surface area contributed by atoms with Gasteiger partial charge in [0.15, 0.2) is 23.1 Å². The molecule has 0 saturated carbocycles. The van der Waals surface area contributed by atoms with Crippen molar-refractivity contribution in [3.05, 3.63) is 81.9 Å². The van der Waals surface area contributed by atoms with E-state index in [0.29, 0.717) is 36.5 Å². The van der Waals surface area contributed by atoms with Crippen LogP contribution < -0.4 is 9.47 Å². The van der Waals surface area contributed by atoms with Crippen LogP contribution >= 0.6 is 0 Å². The van der Waals surface area contributed by atoms with E-state index < -0.39 is 5.92 Å². The second-order valence-corrected chi connectivity index (χ2v) is 9.29. The molecule has 1 aliphatic heterocycles. The fourth-order valence-corrected chi connectivity index (χ4v) is 5.55. The molecule has 2 aromatic carbocycles. The molecule has 0 saturated heterocycles. The fourth-order valence-electron chi connectivity index (χ4n) is 5.55. The van der Waals surface area contributed by atoms with Crippen molar-refractivity contribution < 1.29 is 23.5 Å². The highest BCUT2D eigenvalue weighted by molar-refractivity contribution is 6.06. The Morgan fingerprint density at radius 1 is 0.886 bits per heavy atom. The van der Waals surface area contributed by atoms with Crippen molar-refractivity contribution in [2.75, 3.05) is 13.7 Å². The van der Waals surface area contributed by atoms with Gasteiger partial charge in [0.1, 0.15) is 12.4 Å². The molecule has 182 valence electrons. The molecule has 0 unspecified atom stereocenters. The molecular formula is C29H30FNO4. The van der Waals surface area contributed by atoms with Crippen molar-refractivity contribution in [3.63, 3.8) is 0 Å². The first-order valence-corrected chi connectivity index (χ1v) is 12.4. The number of hydrogen-bond donors (Lipinski definition) is 0. The number of nitrogens with zero attached hydrogens (tertiary/aromatic N) is 1. The van der Waals surface area contributed by atoms with Crippen LogP contribution in [0.4, 0.5) is 4.39 Å². The van der Waals surface area contributed by atoms with Crippen LogP contribution in [0.2, 0.25) is 0 Å². The summed E-state index contributed by atoms with van der Waals surface area (Å²) in [4.78, 5) is 28.5. The first-order chi connectivity index (χ1) is 17.0. The zero-order chi connectivity index (χ0) is 24.5. The van der Waals surface area contributed by atoms with E-state index in [4.69, 9.17) is 9.47 Å². The predicted molar refractivity (Wildman–Crippen MR) is 131 cm³/mol. The third-order valence-corrected chi connectivity index (χ3v) is 7.19. The molecule has 5 nitrogen and oxygen atoms in total. The van der Waals surface area contributed by atoms with Gasteiger partial charge in [0.25, 0.3) is 0 Å². The summed E-state index contributed by atoms with van der Waals surface area (Å²) in [5.74, 6) is 0.545. The summed E-state index contributed by atoms with van der Waals surface area (Å²) in [6, 6.07) is 12.1. The number of benzene rings is 2. The van der Waals surface area contributed by atoms with Crippen molar-refractivity contribution in [1.29, 1.82) is 0 Å². The van der Waals surface area contributed by atoms with Crippen LogP contribution in [0.25, 0.3) is 0 Å². The van der Waals surface area contributed by atoms with Crippen LogP contribution in [0.1, 0.15) is 62.5 Å². The molecule has 5 rings (SSSR count). The topological polar surface area (TPSA) is 55.8 Å². The summed E-state index contributed by atoms with van der Waals surface area (Å²) in [6.45, 7) is 2.38. The van der Waals surface area contributed by atoms with Crippen molar-refractivity contribution in [2.24, 2.45) is 0 Å². The number of hydrogen-bond acceptors (Lipinski definition) is 5. The summed E-state index contributed by atoms with van der Waals surface area (Å²) >= 11 is 0. The van der Waals surface area contributed by atoms with Gasteiger partial charge in [-0.05, 0) is 56.4 Å². The SMILES string of the molecule is CCOc1cc(C2C3=C(CCCC3=O)N(C)C3=C2C(=O)CCC3)ccc1OCc1ccccc1F. The van der Waals surface area contributed by atoms with Crippen LogP contribution in [0.5, 0.6) is 11.5 Å². The standard InChI is InChI=1S/C29H30FNO4/c1-3-34-26-16-18(14-15-25(26)35-17-19-8-4-5-9-20(19)30)27-28-21(10-6-12-23(28)32)31(2)22-11-7-13-24(33)29(22)27/h4-5,8-9,14-16,27H,3,6-7,10-13,17H2,1-2H3.